The van der Waals surface area contributed by atoms with E-state index in [2.05, 4.69) is 20.5 Å². The number of thiazole rings is 1. The third-order valence-electron chi connectivity index (χ3n) is 7.26. The zero-order valence-corrected chi connectivity index (χ0v) is 20.4. The van der Waals surface area contributed by atoms with Gasteiger partial charge in [0.1, 0.15) is 5.56 Å². The summed E-state index contributed by atoms with van der Waals surface area (Å²) in [6.07, 6.45) is 6.50. The van der Waals surface area contributed by atoms with Crippen molar-refractivity contribution in [3.63, 3.8) is 0 Å². The molecule has 7 nitrogen and oxygen atoms in total. The van der Waals surface area contributed by atoms with Gasteiger partial charge in [-0.1, -0.05) is 6.42 Å². The maximum atomic E-state index is 12.9. The van der Waals surface area contributed by atoms with E-state index in [1.165, 1.54) is 43.2 Å². The Morgan fingerprint density at radius 3 is 2.84 bits per heavy atom. The van der Waals surface area contributed by atoms with Crippen LogP contribution in [-0.4, -0.2) is 58.5 Å². The molecule has 3 saturated heterocycles. The minimum Gasteiger partial charge on any atom is -0.350 e. The Labute approximate surface area is 198 Å². The van der Waals surface area contributed by atoms with Gasteiger partial charge in [-0.25, -0.2) is 4.98 Å². The van der Waals surface area contributed by atoms with Crippen molar-refractivity contribution in [2.45, 2.75) is 51.6 Å². The zero-order chi connectivity index (χ0) is 20.1. The Morgan fingerprint density at radius 2 is 2.03 bits per heavy atom. The first-order valence-corrected chi connectivity index (χ1v) is 11.6. The molecule has 3 aliphatic heterocycles. The van der Waals surface area contributed by atoms with Gasteiger partial charge < -0.3 is 10.6 Å². The molecule has 2 aromatic rings. The summed E-state index contributed by atoms with van der Waals surface area (Å²) in [7, 11) is 0. The van der Waals surface area contributed by atoms with E-state index >= 15 is 0 Å². The van der Waals surface area contributed by atoms with Gasteiger partial charge in [0.2, 0.25) is 0 Å². The van der Waals surface area contributed by atoms with Gasteiger partial charge in [-0.05, 0) is 64.6 Å². The molecule has 2 aromatic heterocycles. The van der Waals surface area contributed by atoms with E-state index in [1.54, 1.807) is 4.40 Å². The average Bonchev–Trinajstić information content (AvgIpc) is 3.03. The lowest BCUT2D eigenvalue weighted by molar-refractivity contribution is -0.0371. The fourth-order valence-corrected chi connectivity index (χ4v) is 6.60. The molecule has 3 fully saturated rings. The van der Waals surface area contributed by atoms with Crippen LogP contribution in [0, 0.1) is 25.7 Å². The standard InChI is InChI=1S/C21H29N5O2S.2ClH/c1-12-13(2)29-21-24-10-16(20(28)26(12)21)19(27)23-11-18-15-7-14(8-22-9-15)17-5-3-4-6-25(17)18;;/h10,14-15,17-18,22H,3-9,11H2,1-2H3,(H,23,27);2*1H/t14-,15+,17+,18+;;/m1../s1. The van der Waals surface area contributed by atoms with E-state index in [0.717, 1.165) is 36.1 Å². The molecule has 3 aliphatic rings. The van der Waals surface area contributed by atoms with Crippen molar-refractivity contribution in [3.05, 3.63) is 32.7 Å². The smallest absolute Gasteiger partial charge is 0.271 e. The number of amides is 1. The highest BCUT2D eigenvalue weighted by Crippen LogP contribution is 2.38. The molecular formula is C21H31Cl2N5O2S. The molecule has 4 atom stereocenters. The summed E-state index contributed by atoms with van der Waals surface area (Å²) >= 11 is 1.48. The van der Waals surface area contributed by atoms with Gasteiger partial charge in [0, 0.05) is 35.4 Å². The van der Waals surface area contributed by atoms with Crippen LogP contribution in [0.2, 0.25) is 0 Å². The van der Waals surface area contributed by atoms with Crippen LogP contribution in [0.4, 0.5) is 0 Å². The summed E-state index contributed by atoms with van der Waals surface area (Å²) in [5, 5.41) is 6.68. The summed E-state index contributed by atoms with van der Waals surface area (Å²) in [6, 6.07) is 0.979. The number of hydrogen-bond acceptors (Lipinski definition) is 6. The highest BCUT2D eigenvalue weighted by atomic mass is 35.5. The number of rotatable bonds is 3. The number of piperidine rings is 3. The van der Waals surface area contributed by atoms with Crippen LogP contribution < -0.4 is 16.2 Å². The maximum Gasteiger partial charge on any atom is 0.271 e. The van der Waals surface area contributed by atoms with E-state index in [1.807, 2.05) is 13.8 Å². The van der Waals surface area contributed by atoms with Gasteiger partial charge in [-0.15, -0.1) is 36.2 Å². The zero-order valence-electron chi connectivity index (χ0n) is 17.9. The van der Waals surface area contributed by atoms with Gasteiger partial charge >= 0.3 is 0 Å². The number of carbonyl (C=O) groups is 1. The molecule has 2 N–H and O–H groups in total. The minimum atomic E-state index is -0.306. The molecule has 10 heteroatoms. The van der Waals surface area contributed by atoms with Crippen LogP contribution in [0.5, 0.6) is 0 Å². The number of aryl methyl sites for hydroxylation is 2. The minimum absolute atomic E-state index is 0. The van der Waals surface area contributed by atoms with Crippen molar-refractivity contribution in [3.8, 4) is 0 Å². The first-order valence-electron chi connectivity index (χ1n) is 10.8. The largest absolute Gasteiger partial charge is 0.350 e. The Balaban J connectivity index is 0.00000136. The molecule has 0 spiro atoms. The van der Waals surface area contributed by atoms with Crippen molar-refractivity contribution >= 4 is 47.0 Å². The first-order chi connectivity index (χ1) is 14.0. The second kappa shape index (κ2) is 9.75. The number of carbonyl (C=O) groups excluding carboxylic acids is 1. The Hall–Kier alpha value is -1.19. The third-order valence-corrected chi connectivity index (χ3v) is 8.33. The molecule has 5 heterocycles. The van der Waals surface area contributed by atoms with Crippen molar-refractivity contribution in [2.24, 2.45) is 11.8 Å². The maximum absolute atomic E-state index is 12.9. The van der Waals surface area contributed by atoms with E-state index in [9.17, 15) is 9.59 Å². The second-order valence-electron chi connectivity index (χ2n) is 8.83. The number of halogens is 2. The number of fused-ring (bicyclic) bond motifs is 5. The summed E-state index contributed by atoms with van der Waals surface area (Å²) in [5.74, 6) is 0.994. The van der Waals surface area contributed by atoms with Crippen LogP contribution in [0.25, 0.3) is 4.96 Å². The quantitative estimate of drug-likeness (QED) is 0.694. The molecule has 0 radical (unpaired) electrons. The van der Waals surface area contributed by atoms with Gasteiger partial charge in [0.15, 0.2) is 4.96 Å². The second-order valence-corrected chi connectivity index (χ2v) is 10.0. The van der Waals surface area contributed by atoms with Crippen molar-refractivity contribution in [1.29, 1.82) is 0 Å². The monoisotopic (exact) mass is 487 g/mol. The number of aromatic nitrogens is 2. The fourth-order valence-electron chi connectivity index (χ4n) is 5.67. The Kier molecular flexibility index (Phi) is 7.69. The van der Waals surface area contributed by atoms with Crippen molar-refractivity contribution in [1.82, 2.24) is 24.9 Å². The lowest BCUT2D eigenvalue weighted by atomic mass is 9.73. The Bertz CT molecular complexity index is 1010. The topological polar surface area (TPSA) is 78.7 Å². The highest BCUT2D eigenvalue weighted by molar-refractivity contribution is 7.17. The van der Waals surface area contributed by atoms with Gasteiger partial charge in [-0.3, -0.25) is 18.9 Å². The average molecular weight is 488 g/mol. The van der Waals surface area contributed by atoms with Crippen molar-refractivity contribution in [2.75, 3.05) is 26.2 Å². The summed E-state index contributed by atoms with van der Waals surface area (Å²) in [4.78, 5) is 34.5. The number of nitrogens with zero attached hydrogens (tertiary/aromatic N) is 3. The highest BCUT2D eigenvalue weighted by Gasteiger charge is 2.45. The van der Waals surface area contributed by atoms with Gasteiger partial charge in [-0.2, -0.15) is 0 Å². The summed E-state index contributed by atoms with van der Waals surface area (Å²) in [6.45, 7) is 7.73. The van der Waals surface area contributed by atoms with E-state index in [4.69, 9.17) is 0 Å². The molecule has 172 valence electrons. The van der Waals surface area contributed by atoms with E-state index in [0.29, 0.717) is 29.5 Å². The number of nitrogens with one attached hydrogen (secondary N) is 2. The summed E-state index contributed by atoms with van der Waals surface area (Å²) < 4.78 is 1.56. The van der Waals surface area contributed by atoms with Crippen molar-refractivity contribution < 1.29 is 4.79 Å². The molecule has 0 aliphatic carbocycles. The molecule has 0 saturated carbocycles. The summed E-state index contributed by atoms with van der Waals surface area (Å²) in [5.41, 5.74) is 0.724. The molecular weight excluding hydrogens is 457 g/mol. The molecule has 0 unspecified atom stereocenters. The molecule has 5 rings (SSSR count). The lowest BCUT2D eigenvalue weighted by Crippen LogP contribution is -2.65. The van der Waals surface area contributed by atoms with Crippen LogP contribution in [-0.2, 0) is 0 Å². The fraction of sp³-hybridized carbons (Fsp3) is 0.667. The molecule has 1 amide bonds. The van der Waals surface area contributed by atoms with E-state index < -0.39 is 0 Å². The van der Waals surface area contributed by atoms with Crippen LogP contribution in [0.1, 0.15) is 46.6 Å². The van der Waals surface area contributed by atoms with Crippen LogP contribution in [0.15, 0.2) is 11.0 Å². The number of hydrogen-bond donors (Lipinski definition) is 2. The van der Waals surface area contributed by atoms with Crippen LogP contribution in [0.3, 0.4) is 0 Å². The predicted octanol–water partition coefficient (Wildman–Crippen LogP) is 2.41. The van der Waals surface area contributed by atoms with Gasteiger partial charge in [0.25, 0.3) is 11.5 Å². The molecule has 31 heavy (non-hydrogen) atoms. The molecule has 0 aromatic carbocycles. The Morgan fingerprint density at radius 1 is 1.26 bits per heavy atom. The predicted molar refractivity (Wildman–Crippen MR) is 128 cm³/mol. The molecule has 2 bridgehead atoms. The SMILES string of the molecule is Cc1sc2ncc(C(=O)NC[C@H]3[C@@H]4CNC[C@@H](C4)[C@@H]4CCCCN43)c(=O)n2c1C.Cl.Cl. The first kappa shape index (κ1) is 24.5. The third kappa shape index (κ3) is 4.25. The van der Waals surface area contributed by atoms with E-state index in [-0.39, 0.29) is 41.8 Å². The lowest BCUT2D eigenvalue weighted by Gasteiger charge is -2.55. The van der Waals surface area contributed by atoms with Gasteiger partial charge in [0.05, 0.1) is 0 Å². The van der Waals surface area contributed by atoms with Crippen LogP contribution >= 0.6 is 36.2 Å². The normalized spacial score (nSPS) is 27.7.